The molecule has 154 valence electrons. The topological polar surface area (TPSA) is 77.8 Å². The van der Waals surface area contributed by atoms with Crippen LogP contribution in [0, 0.1) is 0 Å². The molecule has 0 aliphatic heterocycles. The number of allylic oxidation sites excluding steroid dienone is 2. The van der Waals surface area contributed by atoms with Crippen molar-refractivity contribution in [2.45, 2.75) is 109 Å². The zero-order chi connectivity index (χ0) is 19.5. The Morgan fingerprint density at radius 3 is 1.73 bits per heavy atom. The molecule has 4 nitrogen and oxygen atoms in total. The van der Waals surface area contributed by atoms with Gasteiger partial charge >= 0.3 is 7.80 Å². The molecule has 0 aromatic rings. The lowest BCUT2D eigenvalue weighted by Gasteiger charge is -2.05. The molecule has 0 heterocycles. The van der Waals surface area contributed by atoms with Gasteiger partial charge < -0.3 is 15.3 Å². The SMILES string of the molecule is CCCCCC/C=C/CCCCCCCCCC[P+](=O)C(O)C(O)CO. The average molecular weight is 390 g/mol. The second-order valence-electron chi connectivity index (χ2n) is 7.24. The lowest BCUT2D eigenvalue weighted by atomic mass is 10.1. The van der Waals surface area contributed by atoms with E-state index in [9.17, 15) is 14.8 Å². The second kappa shape index (κ2) is 19.5. The molecule has 0 saturated carbocycles. The molecule has 0 aliphatic carbocycles. The van der Waals surface area contributed by atoms with E-state index in [1.165, 1.54) is 70.6 Å². The smallest absolute Gasteiger partial charge is 0.372 e. The minimum absolute atomic E-state index is 0.429. The van der Waals surface area contributed by atoms with Crippen LogP contribution in [0.1, 0.15) is 96.8 Å². The van der Waals surface area contributed by atoms with Gasteiger partial charge in [0.25, 0.3) is 5.85 Å². The summed E-state index contributed by atoms with van der Waals surface area (Å²) in [6.45, 7) is 1.70. The summed E-state index contributed by atoms with van der Waals surface area (Å²) in [6.07, 6.45) is 21.0. The van der Waals surface area contributed by atoms with E-state index in [2.05, 4.69) is 19.1 Å². The van der Waals surface area contributed by atoms with Gasteiger partial charge in [0.2, 0.25) is 0 Å². The van der Waals surface area contributed by atoms with Crippen LogP contribution < -0.4 is 0 Å². The molecule has 3 atom stereocenters. The minimum atomic E-state index is -1.84. The fraction of sp³-hybridized carbons (Fsp3) is 0.905. The number of aliphatic hydroxyl groups is 3. The normalized spacial score (nSPS) is 14.7. The van der Waals surface area contributed by atoms with Crippen LogP contribution in [0.4, 0.5) is 0 Å². The molecular weight excluding hydrogens is 347 g/mol. The number of rotatable bonds is 19. The summed E-state index contributed by atoms with van der Waals surface area (Å²) in [7, 11) is -1.84. The molecule has 0 fully saturated rings. The van der Waals surface area contributed by atoms with Crippen molar-refractivity contribution in [3.8, 4) is 0 Å². The van der Waals surface area contributed by atoms with E-state index in [1.807, 2.05) is 0 Å². The molecule has 0 amide bonds. The highest BCUT2D eigenvalue weighted by Gasteiger charge is 2.33. The summed E-state index contributed by atoms with van der Waals surface area (Å²) in [6, 6.07) is 0. The van der Waals surface area contributed by atoms with Crippen molar-refractivity contribution in [2.24, 2.45) is 0 Å². The first-order chi connectivity index (χ1) is 12.6. The van der Waals surface area contributed by atoms with Crippen LogP contribution in [0.15, 0.2) is 12.2 Å². The largest absolute Gasteiger partial charge is 0.393 e. The van der Waals surface area contributed by atoms with Gasteiger partial charge in [0.15, 0.2) is 0 Å². The van der Waals surface area contributed by atoms with Crippen molar-refractivity contribution in [1.29, 1.82) is 0 Å². The summed E-state index contributed by atoms with van der Waals surface area (Å²) in [5, 5.41) is 27.5. The highest BCUT2D eigenvalue weighted by Crippen LogP contribution is 2.30. The Morgan fingerprint density at radius 1 is 0.769 bits per heavy atom. The maximum absolute atomic E-state index is 11.7. The van der Waals surface area contributed by atoms with Gasteiger partial charge in [-0.2, -0.15) is 0 Å². The lowest BCUT2D eigenvalue weighted by molar-refractivity contribution is 0.0245. The molecule has 0 aliphatic rings. The number of unbranched alkanes of at least 4 members (excludes halogenated alkanes) is 12. The fourth-order valence-electron chi connectivity index (χ4n) is 2.93. The van der Waals surface area contributed by atoms with E-state index >= 15 is 0 Å². The molecule has 26 heavy (non-hydrogen) atoms. The Morgan fingerprint density at radius 2 is 1.23 bits per heavy atom. The molecule has 0 aromatic heterocycles. The van der Waals surface area contributed by atoms with Gasteiger partial charge in [0.05, 0.1) is 6.61 Å². The van der Waals surface area contributed by atoms with Crippen molar-refractivity contribution in [1.82, 2.24) is 0 Å². The molecular formula is C21H42O4P+. The second-order valence-corrected chi connectivity index (χ2v) is 9.05. The predicted octanol–water partition coefficient (Wildman–Crippen LogP) is 5.52. The lowest BCUT2D eigenvalue weighted by Crippen LogP contribution is -2.26. The van der Waals surface area contributed by atoms with Gasteiger partial charge in [-0.1, -0.05) is 75.0 Å². The number of hydrogen-bond acceptors (Lipinski definition) is 4. The van der Waals surface area contributed by atoms with Gasteiger partial charge in [0.1, 0.15) is 12.3 Å². The molecule has 0 aromatic carbocycles. The average Bonchev–Trinajstić information content (AvgIpc) is 2.66. The first-order valence-electron chi connectivity index (χ1n) is 10.7. The van der Waals surface area contributed by atoms with Crippen LogP contribution in [0.25, 0.3) is 0 Å². The van der Waals surface area contributed by atoms with Gasteiger partial charge in [-0.05, 0) is 38.5 Å². The Labute approximate surface area is 161 Å². The monoisotopic (exact) mass is 389 g/mol. The first kappa shape index (κ1) is 25.7. The first-order valence-corrected chi connectivity index (χ1v) is 12.2. The minimum Gasteiger partial charge on any atom is -0.393 e. The molecule has 5 heteroatoms. The van der Waals surface area contributed by atoms with Crippen molar-refractivity contribution < 1.29 is 19.9 Å². The van der Waals surface area contributed by atoms with E-state index in [0.29, 0.717) is 6.16 Å². The van der Waals surface area contributed by atoms with E-state index in [4.69, 9.17) is 5.11 Å². The van der Waals surface area contributed by atoms with Crippen molar-refractivity contribution in [3.63, 3.8) is 0 Å². The van der Waals surface area contributed by atoms with Crippen LogP contribution in [0.5, 0.6) is 0 Å². The zero-order valence-electron chi connectivity index (χ0n) is 16.8. The van der Waals surface area contributed by atoms with E-state index in [1.54, 1.807) is 0 Å². The van der Waals surface area contributed by atoms with E-state index in [0.717, 1.165) is 19.3 Å². The molecule has 0 rings (SSSR count). The third-order valence-corrected chi connectivity index (χ3v) is 6.41. The third-order valence-electron chi connectivity index (χ3n) is 4.72. The summed E-state index contributed by atoms with van der Waals surface area (Å²) >= 11 is 0. The van der Waals surface area contributed by atoms with Gasteiger partial charge in [0, 0.05) is 0 Å². The van der Waals surface area contributed by atoms with Crippen LogP contribution in [-0.4, -0.2) is 40.0 Å². The summed E-state index contributed by atoms with van der Waals surface area (Å²) in [5.74, 6) is -1.29. The third kappa shape index (κ3) is 15.9. The summed E-state index contributed by atoms with van der Waals surface area (Å²) < 4.78 is 11.7. The number of aliphatic hydroxyl groups excluding tert-OH is 3. The Balaban J connectivity index is 3.29. The summed E-state index contributed by atoms with van der Waals surface area (Å²) in [5.41, 5.74) is 0. The predicted molar refractivity (Wildman–Crippen MR) is 111 cm³/mol. The standard InChI is InChI=1S/C21H42O4P/c1-2-3-4-5-6-7-8-9-10-11-12-13-14-15-16-17-18-26(25)21(24)20(23)19-22/h7-8,20-24H,2-6,9-19H2,1H3/q+1/b8-7+. The van der Waals surface area contributed by atoms with E-state index in [-0.39, 0.29) is 0 Å². The Hall–Kier alpha value is -0.280. The summed E-state index contributed by atoms with van der Waals surface area (Å²) in [4.78, 5) is 0. The van der Waals surface area contributed by atoms with Gasteiger partial charge in [-0.3, -0.25) is 0 Å². The molecule has 0 bridgehead atoms. The Bertz CT molecular complexity index is 347. The highest BCUT2D eigenvalue weighted by molar-refractivity contribution is 7.45. The van der Waals surface area contributed by atoms with Crippen LogP contribution in [-0.2, 0) is 4.57 Å². The molecule has 0 spiro atoms. The van der Waals surface area contributed by atoms with Crippen LogP contribution >= 0.6 is 7.80 Å². The van der Waals surface area contributed by atoms with Crippen LogP contribution in [0.2, 0.25) is 0 Å². The highest BCUT2D eigenvalue weighted by atomic mass is 31.1. The van der Waals surface area contributed by atoms with Crippen molar-refractivity contribution in [3.05, 3.63) is 12.2 Å². The molecule has 0 saturated heterocycles. The zero-order valence-corrected chi connectivity index (χ0v) is 17.7. The maximum atomic E-state index is 11.7. The quantitative estimate of drug-likeness (QED) is 0.154. The number of hydrogen-bond donors (Lipinski definition) is 3. The van der Waals surface area contributed by atoms with Crippen molar-refractivity contribution >= 4 is 7.80 Å². The maximum Gasteiger partial charge on any atom is 0.372 e. The van der Waals surface area contributed by atoms with Crippen LogP contribution in [0.3, 0.4) is 0 Å². The Kier molecular flexibility index (Phi) is 19.3. The molecule has 3 unspecified atom stereocenters. The fourth-order valence-corrected chi connectivity index (χ4v) is 4.21. The van der Waals surface area contributed by atoms with E-state index < -0.39 is 26.4 Å². The van der Waals surface area contributed by atoms with Crippen molar-refractivity contribution in [2.75, 3.05) is 12.8 Å². The van der Waals surface area contributed by atoms with Gasteiger partial charge in [-0.15, -0.1) is 0 Å². The molecule has 3 N–H and O–H groups in total. The van der Waals surface area contributed by atoms with Gasteiger partial charge in [-0.25, -0.2) is 0 Å². The molecule has 0 radical (unpaired) electrons.